The molecule has 5 heteroatoms. The van der Waals surface area contributed by atoms with E-state index in [1.807, 2.05) is 6.92 Å². The van der Waals surface area contributed by atoms with E-state index < -0.39 is 0 Å². The second kappa shape index (κ2) is 6.73. The highest BCUT2D eigenvalue weighted by Crippen LogP contribution is 2.20. The van der Waals surface area contributed by atoms with Gasteiger partial charge in [-0.2, -0.15) is 0 Å². The molecule has 1 aromatic rings. The van der Waals surface area contributed by atoms with Gasteiger partial charge in [0, 0.05) is 5.54 Å². The summed E-state index contributed by atoms with van der Waals surface area (Å²) in [5.74, 6) is 0.637. The quantitative estimate of drug-likeness (QED) is 0.746. The molecule has 0 amide bonds. The summed E-state index contributed by atoms with van der Waals surface area (Å²) < 4.78 is 5.63. The summed E-state index contributed by atoms with van der Waals surface area (Å²) in [5.41, 5.74) is -0.0152. The fourth-order valence-corrected chi connectivity index (χ4v) is 1.89. The predicted molar refractivity (Wildman–Crippen MR) is 73.6 cm³/mol. The number of nitrogens with zero attached hydrogens (tertiary/aromatic N) is 2. The molecule has 2 N–H and O–H groups in total. The lowest BCUT2D eigenvalue weighted by molar-refractivity contribution is 0.410. The molecule has 0 bridgehead atoms. The molecular weight excluding hydrogens is 228 g/mol. The molecule has 1 unspecified atom stereocenters. The van der Waals surface area contributed by atoms with Crippen LogP contribution in [0, 0.1) is 0 Å². The minimum absolute atomic E-state index is 0.0152. The van der Waals surface area contributed by atoms with E-state index in [1.165, 1.54) is 0 Å². The maximum absolute atomic E-state index is 5.63. The Balaban J connectivity index is 2.57. The summed E-state index contributed by atoms with van der Waals surface area (Å²) in [6.45, 7) is 11.6. The Kier molecular flexibility index (Phi) is 5.59. The zero-order valence-electron chi connectivity index (χ0n) is 12.2. The highest BCUT2D eigenvalue weighted by atomic mass is 16.4. The summed E-state index contributed by atoms with van der Waals surface area (Å²) in [6, 6.07) is 0.607. The molecule has 1 aromatic heterocycles. The first-order valence-corrected chi connectivity index (χ1v) is 6.83. The van der Waals surface area contributed by atoms with Gasteiger partial charge in [-0.25, -0.2) is 0 Å². The van der Waals surface area contributed by atoms with Gasteiger partial charge in [-0.1, -0.05) is 25.4 Å². The van der Waals surface area contributed by atoms with Crippen LogP contribution >= 0.6 is 0 Å². The standard InChI is InChI=1S/C13H26N4O/c1-6-8-13(4,5)15-12-17-16-11(18-12)10(3)14-9-7-2/h10,14H,6-9H2,1-5H3,(H,15,17). The Labute approximate surface area is 110 Å². The Morgan fingerprint density at radius 1 is 1.22 bits per heavy atom. The van der Waals surface area contributed by atoms with Crippen molar-refractivity contribution in [1.29, 1.82) is 0 Å². The molecule has 0 spiro atoms. The molecule has 1 atom stereocenters. The summed E-state index contributed by atoms with van der Waals surface area (Å²) in [5, 5.41) is 14.7. The Bertz CT molecular complexity index is 349. The van der Waals surface area contributed by atoms with Crippen molar-refractivity contribution in [3.8, 4) is 0 Å². The molecule has 0 aliphatic carbocycles. The first-order valence-electron chi connectivity index (χ1n) is 6.83. The average Bonchev–Trinajstić information content (AvgIpc) is 2.73. The molecule has 0 aliphatic heterocycles. The smallest absolute Gasteiger partial charge is 0.315 e. The van der Waals surface area contributed by atoms with Crippen molar-refractivity contribution >= 4 is 6.01 Å². The number of aromatic nitrogens is 2. The van der Waals surface area contributed by atoms with E-state index >= 15 is 0 Å². The van der Waals surface area contributed by atoms with E-state index in [9.17, 15) is 0 Å². The third kappa shape index (κ3) is 4.64. The van der Waals surface area contributed by atoms with Gasteiger partial charge in [0.15, 0.2) is 0 Å². The molecule has 0 fully saturated rings. The molecule has 104 valence electrons. The lowest BCUT2D eigenvalue weighted by atomic mass is 9.99. The van der Waals surface area contributed by atoms with Crippen LogP contribution < -0.4 is 10.6 Å². The van der Waals surface area contributed by atoms with Crippen LogP contribution in [-0.2, 0) is 0 Å². The van der Waals surface area contributed by atoms with Gasteiger partial charge in [0.25, 0.3) is 0 Å². The lowest BCUT2D eigenvalue weighted by Gasteiger charge is -2.24. The number of anilines is 1. The topological polar surface area (TPSA) is 63.0 Å². The largest absolute Gasteiger partial charge is 0.406 e. The van der Waals surface area contributed by atoms with E-state index in [0.717, 1.165) is 25.8 Å². The van der Waals surface area contributed by atoms with Crippen LogP contribution in [0.2, 0.25) is 0 Å². The van der Waals surface area contributed by atoms with Crippen LogP contribution in [0.4, 0.5) is 6.01 Å². The van der Waals surface area contributed by atoms with E-state index in [1.54, 1.807) is 0 Å². The summed E-state index contributed by atoms with van der Waals surface area (Å²) >= 11 is 0. The minimum Gasteiger partial charge on any atom is -0.406 e. The number of rotatable bonds is 8. The van der Waals surface area contributed by atoms with Crippen molar-refractivity contribution in [3.05, 3.63) is 5.89 Å². The first kappa shape index (κ1) is 15.0. The van der Waals surface area contributed by atoms with Crippen molar-refractivity contribution in [2.24, 2.45) is 0 Å². The van der Waals surface area contributed by atoms with Crippen LogP contribution in [0.25, 0.3) is 0 Å². The van der Waals surface area contributed by atoms with Crippen LogP contribution in [-0.4, -0.2) is 22.3 Å². The molecule has 1 heterocycles. The van der Waals surface area contributed by atoms with Gasteiger partial charge >= 0.3 is 6.01 Å². The molecule has 18 heavy (non-hydrogen) atoms. The Hall–Kier alpha value is -1.10. The zero-order chi connectivity index (χ0) is 13.6. The van der Waals surface area contributed by atoms with Gasteiger partial charge in [-0.15, -0.1) is 5.10 Å². The van der Waals surface area contributed by atoms with Crippen molar-refractivity contribution in [1.82, 2.24) is 15.5 Å². The van der Waals surface area contributed by atoms with Gasteiger partial charge < -0.3 is 15.1 Å². The number of hydrogen-bond acceptors (Lipinski definition) is 5. The van der Waals surface area contributed by atoms with E-state index in [4.69, 9.17) is 4.42 Å². The highest BCUT2D eigenvalue weighted by Gasteiger charge is 2.20. The molecule has 5 nitrogen and oxygen atoms in total. The van der Waals surface area contributed by atoms with Crippen LogP contribution in [0.3, 0.4) is 0 Å². The number of nitrogens with one attached hydrogen (secondary N) is 2. The molecule has 0 saturated heterocycles. The van der Waals surface area contributed by atoms with E-state index in [2.05, 4.69) is 48.5 Å². The minimum atomic E-state index is -0.0152. The van der Waals surface area contributed by atoms with Crippen LogP contribution in [0.5, 0.6) is 0 Å². The average molecular weight is 254 g/mol. The summed E-state index contributed by atoms with van der Waals surface area (Å²) in [7, 11) is 0. The monoisotopic (exact) mass is 254 g/mol. The van der Waals surface area contributed by atoms with Crippen molar-refractivity contribution in [2.45, 2.75) is 65.5 Å². The number of hydrogen-bond donors (Lipinski definition) is 2. The molecular formula is C13H26N4O. The second-order valence-electron chi connectivity index (χ2n) is 5.38. The molecule has 0 aromatic carbocycles. The highest BCUT2D eigenvalue weighted by molar-refractivity contribution is 5.22. The third-order valence-corrected chi connectivity index (χ3v) is 2.83. The lowest BCUT2D eigenvalue weighted by Crippen LogP contribution is -2.30. The summed E-state index contributed by atoms with van der Waals surface area (Å²) in [4.78, 5) is 0. The SMILES string of the molecule is CCCNC(C)c1nnc(NC(C)(C)CCC)o1. The van der Waals surface area contributed by atoms with Crippen LogP contribution in [0.15, 0.2) is 4.42 Å². The fourth-order valence-electron chi connectivity index (χ4n) is 1.89. The fraction of sp³-hybridized carbons (Fsp3) is 0.846. The normalized spacial score (nSPS) is 13.6. The Morgan fingerprint density at radius 2 is 1.94 bits per heavy atom. The van der Waals surface area contributed by atoms with E-state index in [0.29, 0.717) is 11.9 Å². The van der Waals surface area contributed by atoms with Gasteiger partial charge in [-0.3, -0.25) is 0 Å². The second-order valence-corrected chi connectivity index (χ2v) is 5.38. The van der Waals surface area contributed by atoms with Crippen molar-refractivity contribution < 1.29 is 4.42 Å². The van der Waals surface area contributed by atoms with Gasteiger partial charge in [0.2, 0.25) is 5.89 Å². The first-order chi connectivity index (χ1) is 8.48. The maximum Gasteiger partial charge on any atom is 0.315 e. The van der Waals surface area contributed by atoms with Crippen molar-refractivity contribution in [3.63, 3.8) is 0 Å². The predicted octanol–water partition coefficient (Wildman–Crippen LogP) is 3.12. The Morgan fingerprint density at radius 3 is 2.56 bits per heavy atom. The molecule has 0 aliphatic rings. The van der Waals surface area contributed by atoms with E-state index in [-0.39, 0.29) is 11.6 Å². The zero-order valence-corrected chi connectivity index (χ0v) is 12.2. The molecule has 1 rings (SSSR count). The van der Waals surface area contributed by atoms with Crippen molar-refractivity contribution in [2.75, 3.05) is 11.9 Å². The summed E-state index contributed by atoms with van der Waals surface area (Å²) in [6.07, 6.45) is 3.27. The van der Waals surface area contributed by atoms with Gasteiger partial charge in [-0.05, 0) is 40.2 Å². The maximum atomic E-state index is 5.63. The van der Waals surface area contributed by atoms with Crippen LogP contribution in [0.1, 0.15) is 65.8 Å². The van der Waals surface area contributed by atoms with Gasteiger partial charge in [0.1, 0.15) is 0 Å². The molecule has 0 saturated carbocycles. The molecule has 0 radical (unpaired) electrons. The third-order valence-electron chi connectivity index (χ3n) is 2.83. The van der Waals surface area contributed by atoms with Gasteiger partial charge in [0.05, 0.1) is 6.04 Å².